The third kappa shape index (κ3) is 4.08. The first-order valence-electron chi connectivity index (χ1n) is 2.34. The van der Waals surface area contributed by atoms with Gasteiger partial charge in [0.05, 0.1) is 0 Å². The SMILES string of the molecule is [CH2]CC(C)C(I)(I)I. The Labute approximate surface area is 92.0 Å². The largest absolute Gasteiger partial charge is 0.126 e. The van der Waals surface area contributed by atoms with E-state index >= 15 is 0 Å². The van der Waals surface area contributed by atoms with Crippen molar-refractivity contribution in [2.24, 2.45) is 5.92 Å². The topological polar surface area (TPSA) is 0 Å². The Morgan fingerprint density at radius 1 is 1.50 bits per heavy atom. The van der Waals surface area contributed by atoms with Crippen LogP contribution in [0.5, 0.6) is 0 Å². The summed E-state index contributed by atoms with van der Waals surface area (Å²) < 4.78 is 0.356. The van der Waals surface area contributed by atoms with E-state index in [-0.39, 0.29) is 0 Å². The van der Waals surface area contributed by atoms with E-state index in [0.717, 1.165) is 6.42 Å². The van der Waals surface area contributed by atoms with Crippen molar-refractivity contribution in [1.29, 1.82) is 0 Å². The quantitative estimate of drug-likeness (QED) is 0.445. The van der Waals surface area contributed by atoms with Crippen LogP contribution in [-0.2, 0) is 0 Å². The van der Waals surface area contributed by atoms with Crippen molar-refractivity contribution >= 4 is 67.8 Å². The predicted octanol–water partition coefficient (Wildman–Crippen LogP) is 3.81. The number of hydrogen-bond acceptors (Lipinski definition) is 0. The first-order valence-corrected chi connectivity index (χ1v) is 5.58. The molecule has 0 saturated carbocycles. The molecule has 0 aliphatic heterocycles. The maximum absolute atomic E-state index is 3.84. The number of halogens is 3. The number of rotatable bonds is 2. The van der Waals surface area contributed by atoms with Gasteiger partial charge in [0.2, 0.25) is 0 Å². The molecule has 1 radical (unpaired) electrons. The van der Waals surface area contributed by atoms with Crippen LogP contribution in [0, 0.1) is 12.8 Å². The molecule has 0 N–H and O–H groups in total. The van der Waals surface area contributed by atoms with E-state index in [9.17, 15) is 0 Å². The average molecular weight is 449 g/mol. The fourth-order valence-corrected chi connectivity index (χ4v) is 1.10. The van der Waals surface area contributed by atoms with Crippen LogP contribution in [0.4, 0.5) is 0 Å². The second kappa shape index (κ2) is 4.15. The summed E-state index contributed by atoms with van der Waals surface area (Å²) in [6, 6.07) is 0. The van der Waals surface area contributed by atoms with E-state index in [4.69, 9.17) is 0 Å². The summed E-state index contributed by atoms with van der Waals surface area (Å²) in [5.41, 5.74) is 0. The van der Waals surface area contributed by atoms with Crippen LogP contribution in [0.25, 0.3) is 0 Å². The first kappa shape index (κ1) is 10.2. The Balaban J connectivity index is 3.62. The van der Waals surface area contributed by atoms with Crippen molar-refractivity contribution in [3.8, 4) is 0 Å². The molecule has 0 nitrogen and oxygen atoms in total. The van der Waals surface area contributed by atoms with Gasteiger partial charge in [-0.3, -0.25) is 0 Å². The van der Waals surface area contributed by atoms with Crippen LogP contribution in [0.1, 0.15) is 13.3 Å². The lowest BCUT2D eigenvalue weighted by atomic mass is 10.2. The summed E-state index contributed by atoms with van der Waals surface area (Å²) >= 11 is 7.31. The maximum Gasteiger partial charge on any atom is 0.126 e. The fraction of sp³-hybridized carbons (Fsp3) is 0.800. The second-order valence-electron chi connectivity index (χ2n) is 1.73. The fourth-order valence-electron chi connectivity index (χ4n) is 0.164. The molecular formula is C5H8I3. The lowest BCUT2D eigenvalue weighted by molar-refractivity contribution is 0.662. The molecule has 0 aliphatic carbocycles. The Kier molecular flexibility index (Phi) is 5.28. The van der Waals surface area contributed by atoms with Crippen LogP contribution >= 0.6 is 67.8 Å². The van der Waals surface area contributed by atoms with Gasteiger partial charge in [0, 0.05) is 0 Å². The van der Waals surface area contributed by atoms with Crippen molar-refractivity contribution in [1.82, 2.24) is 0 Å². The molecule has 0 aromatic carbocycles. The lowest BCUT2D eigenvalue weighted by Crippen LogP contribution is -2.11. The Morgan fingerprint density at radius 3 is 1.88 bits per heavy atom. The van der Waals surface area contributed by atoms with Crippen molar-refractivity contribution in [3.63, 3.8) is 0 Å². The summed E-state index contributed by atoms with van der Waals surface area (Å²) in [5, 5.41) is 0. The van der Waals surface area contributed by atoms with Gasteiger partial charge >= 0.3 is 0 Å². The molecule has 0 aromatic heterocycles. The zero-order valence-corrected chi connectivity index (χ0v) is 11.1. The highest BCUT2D eigenvalue weighted by Gasteiger charge is 2.23. The Bertz CT molecular complexity index is 64.6. The minimum absolute atomic E-state index is 0.356. The van der Waals surface area contributed by atoms with Crippen molar-refractivity contribution in [3.05, 3.63) is 6.92 Å². The minimum Gasteiger partial charge on any atom is -0.0597 e. The molecule has 49 valence electrons. The molecule has 0 aromatic rings. The Hall–Kier alpha value is 2.19. The van der Waals surface area contributed by atoms with E-state index in [1.54, 1.807) is 0 Å². The van der Waals surface area contributed by atoms with E-state index < -0.39 is 0 Å². The molecule has 0 bridgehead atoms. The van der Waals surface area contributed by atoms with Crippen molar-refractivity contribution in [2.45, 2.75) is 12.8 Å². The summed E-state index contributed by atoms with van der Waals surface area (Å²) in [5.74, 6) is 0.698. The molecule has 0 saturated heterocycles. The van der Waals surface area contributed by atoms with Crippen LogP contribution in [0.2, 0.25) is 0 Å². The molecule has 0 aliphatic rings. The number of hydrogen-bond donors (Lipinski definition) is 0. The average Bonchev–Trinajstić information content (AvgIpc) is 1.62. The van der Waals surface area contributed by atoms with Gasteiger partial charge in [0.15, 0.2) is 0 Å². The monoisotopic (exact) mass is 449 g/mol. The zero-order valence-electron chi connectivity index (χ0n) is 4.63. The molecule has 0 spiro atoms. The van der Waals surface area contributed by atoms with Crippen LogP contribution in [0.15, 0.2) is 0 Å². The smallest absolute Gasteiger partial charge is 0.0597 e. The second-order valence-corrected chi connectivity index (χ2v) is 13.0. The molecule has 3 heteroatoms. The molecule has 8 heavy (non-hydrogen) atoms. The van der Waals surface area contributed by atoms with Gasteiger partial charge in [0.1, 0.15) is -0.565 Å². The van der Waals surface area contributed by atoms with Crippen molar-refractivity contribution in [2.75, 3.05) is 0 Å². The maximum atomic E-state index is 3.84. The van der Waals surface area contributed by atoms with Gasteiger partial charge < -0.3 is 0 Å². The van der Waals surface area contributed by atoms with E-state index in [2.05, 4.69) is 81.6 Å². The number of alkyl halides is 3. The normalized spacial score (nSPS) is 16.1. The zero-order chi connectivity index (χ0) is 6.78. The van der Waals surface area contributed by atoms with Gasteiger partial charge in [-0.1, -0.05) is 81.6 Å². The van der Waals surface area contributed by atoms with Gasteiger partial charge in [-0.05, 0) is 12.3 Å². The lowest BCUT2D eigenvalue weighted by Gasteiger charge is -2.18. The van der Waals surface area contributed by atoms with Gasteiger partial charge in [-0.2, -0.15) is 0 Å². The van der Waals surface area contributed by atoms with Gasteiger partial charge in [0.25, 0.3) is 0 Å². The first-order chi connectivity index (χ1) is 3.48. The molecule has 1 atom stereocenters. The van der Waals surface area contributed by atoms with Crippen LogP contribution < -0.4 is 0 Å². The summed E-state index contributed by atoms with van der Waals surface area (Å²) in [7, 11) is 0. The van der Waals surface area contributed by atoms with Gasteiger partial charge in [-0.15, -0.1) is 0 Å². The van der Waals surface area contributed by atoms with Gasteiger partial charge in [-0.25, -0.2) is 0 Å². The van der Waals surface area contributed by atoms with E-state index in [0.29, 0.717) is 5.35 Å². The molecule has 0 fully saturated rings. The predicted molar refractivity (Wildman–Crippen MR) is 63.9 cm³/mol. The third-order valence-electron chi connectivity index (χ3n) is 0.992. The molecule has 0 heterocycles. The summed E-state index contributed by atoms with van der Waals surface area (Å²) in [4.78, 5) is 0. The van der Waals surface area contributed by atoms with Crippen LogP contribution in [-0.4, -0.2) is -0.565 Å². The minimum atomic E-state index is 0.356. The molecular weight excluding hydrogens is 441 g/mol. The van der Waals surface area contributed by atoms with E-state index in [1.165, 1.54) is 0 Å². The summed E-state index contributed by atoms with van der Waals surface area (Å²) in [6.45, 7) is 6.06. The highest BCUT2D eigenvalue weighted by atomic mass is 127. The van der Waals surface area contributed by atoms with Crippen LogP contribution in [0.3, 0.4) is 0 Å². The standard InChI is InChI=1S/C5H8I3/c1-3-4(2)5(6,7)8/h4H,1,3H2,2H3. The Morgan fingerprint density at radius 2 is 1.88 bits per heavy atom. The third-order valence-corrected chi connectivity index (χ3v) is 4.18. The summed E-state index contributed by atoms with van der Waals surface area (Å²) in [6.07, 6.45) is 1.02. The molecule has 1 unspecified atom stereocenters. The highest BCUT2D eigenvalue weighted by molar-refractivity contribution is 14.3. The highest BCUT2D eigenvalue weighted by Crippen LogP contribution is 2.43. The molecule has 0 rings (SSSR count). The molecule has 0 amide bonds. The van der Waals surface area contributed by atoms with E-state index in [1.807, 2.05) is 0 Å². The van der Waals surface area contributed by atoms with Crippen molar-refractivity contribution < 1.29 is 0 Å².